The van der Waals surface area contributed by atoms with Gasteiger partial charge in [-0.25, -0.2) is 0 Å². The van der Waals surface area contributed by atoms with Gasteiger partial charge >= 0.3 is 6.36 Å². The summed E-state index contributed by atoms with van der Waals surface area (Å²) in [5.41, 5.74) is 1.10. The molecule has 0 amide bonds. The Bertz CT molecular complexity index is 629. The number of aromatic nitrogens is 1. The minimum Gasteiger partial charge on any atom is -0.405 e. The van der Waals surface area contributed by atoms with Crippen LogP contribution in [0.25, 0.3) is 11.3 Å². The van der Waals surface area contributed by atoms with Gasteiger partial charge < -0.3 is 4.74 Å². The van der Waals surface area contributed by atoms with Crippen LogP contribution in [0.1, 0.15) is 5.56 Å². The van der Waals surface area contributed by atoms with Crippen LogP contribution in [0.4, 0.5) is 13.2 Å². The lowest BCUT2D eigenvalue weighted by atomic mass is 10.1. The largest absolute Gasteiger partial charge is 0.573 e. The number of terminal acetylenes is 1. The second kappa shape index (κ2) is 5.02. The maximum atomic E-state index is 12.3. The average Bonchev–Trinajstić information content (AvgIpc) is 2.37. The highest BCUT2D eigenvalue weighted by Crippen LogP contribution is 2.32. The van der Waals surface area contributed by atoms with E-state index in [4.69, 9.17) is 6.42 Å². The normalized spacial score (nSPS) is 10.8. The van der Waals surface area contributed by atoms with Gasteiger partial charge in [0.15, 0.2) is 0 Å². The molecule has 0 atom stereocenters. The molecular weight excluding hydrogens is 255 g/mol. The fourth-order valence-corrected chi connectivity index (χ4v) is 1.56. The van der Waals surface area contributed by atoms with Crippen LogP contribution in [-0.4, -0.2) is 11.3 Å². The first kappa shape index (κ1) is 13.0. The number of rotatable bonds is 2. The molecule has 96 valence electrons. The van der Waals surface area contributed by atoms with Gasteiger partial charge in [0, 0.05) is 17.3 Å². The molecule has 0 aliphatic rings. The average molecular weight is 263 g/mol. The molecule has 0 aliphatic carbocycles. The molecule has 0 spiro atoms. The second-order valence-corrected chi connectivity index (χ2v) is 3.62. The highest BCUT2D eigenvalue weighted by atomic mass is 19.4. The van der Waals surface area contributed by atoms with Crippen molar-refractivity contribution < 1.29 is 17.9 Å². The predicted molar refractivity (Wildman–Crippen MR) is 64.3 cm³/mol. The molecule has 5 heteroatoms. The van der Waals surface area contributed by atoms with E-state index in [9.17, 15) is 13.2 Å². The number of ether oxygens (including phenoxy) is 1. The van der Waals surface area contributed by atoms with Crippen molar-refractivity contribution in [1.82, 2.24) is 4.98 Å². The number of halogens is 3. The highest BCUT2D eigenvalue weighted by Gasteiger charge is 2.32. The molecule has 0 unspecified atom stereocenters. The van der Waals surface area contributed by atoms with Gasteiger partial charge in [0.05, 0.1) is 5.69 Å². The number of para-hydroxylation sites is 1. The molecule has 1 aromatic carbocycles. The van der Waals surface area contributed by atoms with Crippen LogP contribution >= 0.6 is 0 Å². The van der Waals surface area contributed by atoms with Gasteiger partial charge in [-0.1, -0.05) is 18.1 Å². The molecular formula is C14H8F3NO. The van der Waals surface area contributed by atoms with Crippen LogP contribution in [0.15, 0.2) is 42.6 Å². The van der Waals surface area contributed by atoms with Gasteiger partial charge in [-0.2, -0.15) is 0 Å². The summed E-state index contributed by atoms with van der Waals surface area (Å²) in [6.07, 6.45) is 1.94. The zero-order valence-electron chi connectivity index (χ0n) is 9.61. The Hall–Kier alpha value is -2.48. The summed E-state index contributed by atoms with van der Waals surface area (Å²) in [4.78, 5) is 4.01. The second-order valence-electron chi connectivity index (χ2n) is 3.62. The van der Waals surface area contributed by atoms with Crippen molar-refractivity contribution in [3.05, 3.63) is 48.2 Å². The number of hydrogen-bond donors (Lipinski definition) is 0. The summed E-state index contributed by atoms with van der Waals surface area (Å²) >= 11 is 0. The Labute approximate surface area is 107 Å². The maximum Gasteiger partial charge on any atom is 0.573 e. The van der Waals surface area contributed by atoms with E-state index < -0.39 is 6.36 Å². The van der Waals surface area contributed by atoms with Gasteiger partial charge in [-0.05, 0) is 24.3 Å². The standard InChI is InChI=1S/C14H8F3NO/c1-2-10-7-8-18-12(9-10)11-5-3-4-6-13(11)19-14(15,16)17/h1,3-9H. The molecule has 0 aliphatic heterocycles. The van der Waals surface area contributed by atoms with Crippen molar-refractivity contribution in [2.45, 2.75) is 6.36 Å². The van der Waals surface area contributed by atoms with E-state index in [-0.39, 0.29) is 11.3 Å². The Morgan fingerprint density at radius 3 is 2.58 bits per heavy atom. The van der Waals surface area contributed by atoms with E-state index in [1.807, 2.05) is 0 Å². The topological polar surface area (TPSA) is 22.1 Å². The Morgan fingerprint density at radius 2 is 1.89 bits per heavy atom. The van der Waals surface area contributed by atoms with Gasteiger partial charge in [-0.15, -0.1) is 19.6 Å². The molecule has 0 N–H and O–H groups in total. The molecule has 0 fully saturated rings. The first-order chi connectivity index (χ1) is 8.99. The van der Waals surface area contributed by atoms with Crippen LogP contribution in [-0.2, 0) is 0 Å². The molecule has 0 saturated carbocycles. The van der Waals surface area contributed by atoms with Gasteiger partial charge in [0.25, 0.3) is 0 Å². The smallest absolute Gasteiger partial charge is 0.405 e. The number of pyridine rings is 1. The van der Waals surface area contributed by atoms with E-state index >= 15 is 0 Å². The third-order valence-electron chi connectivity index (χ3n) is 2.32. The molecule has 2 nitrogen and oxygen atoms in total. The summed E-state index contributed by atoms with van der Waals surface area (Å²) in [5, 5.41) is 0. The van der Waals surface area contributed by atoms with E-state index in [0.717, 1.165) is 0 Å². The van der Waals surface area contributed by atoms with E-state index in [1.54, 1.807) is 12.1 Å². The Kier molecular flexibility index (Phi) is 3.43. The third kappa shape index (κ3) is 3.26. The zero-order valence-corrected chi connectivity index (χ0v) is 9.61. The van der Waals surface area contributed by atoms with Crippen LogP contribution in [0.5, 0.6) is 5.75 Å². The molecule has 0 saturated heterocycles. The quantitative estimate of drug-likeness (QED) is 0.772. The minimum absolute atomic E-state index is 0.233. The van der Waals surface area contributed by atoms with Gasteiger partial charge in [0.2, 0.25) is 0 Å². The Morgan fingerprint density at radius 1 is 1.16 bits per heavy atom. The predicted octanol–water partition coefficient (Wildman–Crippen LogP) is 3.63. The number of hydrogen-bond acceptors (Lipinski definition) is 2. The summed E-state index contributed by atoms with van der Waals surface area (Å²) in [5.74, 6) is 2.09. The van der Waals surface area contributed by atoms with Crippen molar-refractivity contribution in [1.29, 1.82) is 0 Å². The van der Waals surface area contributed by atoms with Crippen molar-refractivity contribution in [2.75, 3.05) is 0 Å². The number of alkyl halides is 3. The SMILES string of the molecule is C#Cc1ccnc(-c2ccccc2OC(F)(F)F)c1. The Balaban J connectivity index is 2.47. The first-order valence-corrected chi connectivity index (χ1v) is 5.27. The summed E-state index contributed by atoms with van der Waals surface area (Å²) in [6, 6.07) is 8.89. The number of nitrogens with zero attached hydrogens (tertiary/aromatic N) is 1. The fraction of sp³-hybridized carbons (Fsp3) is 0.0714. The van der Waals surface area contributed by atoms with E-state index in [2.05, 4.69) is 15.6 Å². The summed E-state index contributed by atoms with van der Waals surface area (Å²) in [7, 11) is 0. The number of benzene rings is 1. The van der Waals surface area contributed by atoms with E-state index in [1.165, 1.54) is 30.5 Å². The van der Waals surface area contributed by atoms with Crippen LogP contribution in [0.2, 0.25) is 0 Å². The van der Waals surface area contributed by atoms with Crippen LogP contribution in [0, 0.1) is 12.3 Å². The van der Waals surface area contributed by atoms with Crippen molar-refractivity contribution in [2.24, 2.45) is 0 Å². The molecule has 0 bridgehead atoms. The molecule has 0 radical (unpaired) electrons. The molecule has 19 heavy (non-hydrogen) atoms. The lowest BCUT2D eigenvalue weighted by molar-refractivity contribution is -0.274. The molecule has 1 heterocycles. The molecule has 2 aromatic rings. The molecule has 1 aromatic heterocycles. The van der Waals surface area contributed by atoms with Gasteiger partial charge in [0.1, 0.15) is 5.75 Å². The monoisotopic (exact) mass is 263 g/mol. The molecule has 2 rings (SSSR count). The van der Waals surface area contributed by atoms with Crippen molar-refractivity contribution in [3.8, 4) is 29.4 Å². The highest BCUT2D eigenvalue weighted by molar-refractivity contribution is 5.68. The maximum absolute atomic E-state index is 12.3. The third-order valence-corrected chi connectivity index (χ3v) is 2.32. The van der Waals surface area contributed by atoms with Crippen LogP contribution < -0.4 is 4.74 Å². The summed E-state index contributed by atoms with van der Waals surface area (Å²) in [6.45, 7) is 0. The fourth-order valence-electron chi connectivity index (χ4n) is 1.56. The zero-order chi connectivity index (χ0) is 13.9. The lowest BCUT2D eigenvalue weighted by Gasteiger charge is -2.12. The van der Waals surface area contributed by atoms with Crippen molar-refractivity contribution in [3.63, 3.8) is 0 Å². The minimum atomic E-state index is -4.75. The van der Waals surface area contributed by atoms with Crippen molar-refractivity contribution >= 4 is 0 Å². The van der Waals surface area contributed by atoms with Crippen LogP contribution in [0.3, 0.4) is 0 Å². The first-order valence-electron chi connectivity index (χ1n) is 5.27. The lowest BCUT2D eigenvalue weighted by Crippen LogP contribution is -2.17. The summed E-state index contributed by atoms with van der Waals surface area (Å²) < 4.78 is 40.9. The van der Waals surface area contributed by atoms with E-state index in [0.29, 0.717) is 11.3 Å². The van der Waals surface area contributed by atoms with Gasteiger partial charge in [-0.3, -0.25) is 4.98 Å².